The highest BCUT2D eigenvalue weighted by Crippen LogP contribution is 2.24. The molecule has 0 N–H and O–H groups in total. The Balaban J connectivity index is 2.31. The minimum atomic E-state index is 0.685. The van der Waals surface area contributed by atoms with E-state index in [1.807, 2.05) is 29.1 Å². The summed E-state index contributed by atoms with van der Waals surface area (Å²) in [6.07, 6.45) is 1.96. The zero-order chi connectivity index (χ0) is 12.4. The van der Waals surface area contributed by atoms with Gasteiger partial charge in [-0.05, 0) is 56.7 Å². The molecule has 0 aliphatic heterocycles. The lowest BCUT2D eigenvalue weighted by Gasteiger charge is -2.08. The average Bonchev–Trinajstić information content (AvgIpc) is 2.58. The van der Waals surface area contributed by atoms with Gasteiger partial charge in [0.25, 0.3) is 0 Å². The Hall–Kier alpha value is -0.0800. The van der Waals surface area contributed by atoms with E-state index >= 15 is 0 Å². The summed E-state index contributed by atoms with van der Waals surface area (Å²) in [4.78, 5) is 0. The third kappa shape index (κ3) is 3.23. The molecule has 0 saturated heterocycles. The summed E-state index contributed by atoms with van der Waals surface area (Å²) in [6.45, 7) is 0.685. The first-order chi connectivity index (χ1) is 8.10. The van der Waals surface area contributed by atoms with Crippen LogP contribution in [-0.2, 0) is 6.54 Å². The Morgan fingerprint density at radius 1 is 1.41 bits per heavy atom. The van der Waals surface area contributed by atoms with Gasteiger partial charge in [0.15, 0.2) is 0 Å². The number of hydrogen-bond donors (Lipinski definition) is 0. The molecule has 1 aromatic heterocycles. The van der Waals surface area contributed by atoms with E-state index in [0.29, 0.717) is 6.54 Å². The van der Waals surface area contributed by atoms with Crippen LogP contribution in [0.15, 0.2) is 33.3 Å². The van der Waals surface area contributed by atoms with Gasteiger partial charge < -0.3 is 4.74 Å². The van der Waals surface area contributed by atoms with Gasteiger partial charge in [0, 0.05) is 16.2 Å². The topological polar surface area (TPSA) is 27.1 Å². The number of nitrogens with zero attached hydrogens (tertiary/aromatic N) is 2. The highest BCUT2D eigenvalue weighted by molar-refractivity contribution is 14.1. The van der Waals surface area contributed by atoms with Crippen molar-refractivity contribution >= 4 is 54.5 Å². The van der Waals surface area contributed by atoms with Gasteiger partial charge in [0.05, 0.1) is 18.1 Å². The number of ether oxygens (including phenoxy) is 1. The summed E-state index contributed by atoms with van der Waals surface area (Å²) < 4.78 is 10.2. The van der Waals surface area contributed by atoms with E-state index < -0.39 is 0 Å². The van der Waals surface area contributed by atoms with Crippen molar-refractivity contribution in [2.24, 2.45) is 0 Å². The lowest BCUT2D eigenvalue weighted by Crippen LogP contribution is -2.02. The van der Waals surface area contributed by atoms with Crippen LogP contribution in [0.2, 0.25) is 0 Å². The van der Waals surface area contributed by atoms with E-state index in [-0.39, 0.29) is 0 Å². The fourth-order valence-electron chi connectivity index (χ4n) is 1.50. The normalized spacial score (nSPS) is 10.6. The molecule has 17 heavy (non-hydrogen) atoms. The van der Waals surface area contributed by atoms with Crippen LogP contribution in [0.1, 0.15) is 5.56 Å². The fourth-order valence-corrected chi connectivity index (χ4v) is 2.64. The van der Waals surface area contributed by atoms with Crippen LogP contribution in [0.5, 0.6) is 5.75 Å². The first-order valence-electron chi connectivity index (χ1n) is 4.81. The predicted octanol–water partition coefficient (Wildman–Crippen LogP) is 4.07. The lowest BCUT2D eigenvalue weighted by molar-refractivity contribution is 0.407. The highest BCUT2D eigenvalue weighted by Gasteiger charge is 2.07. The zero-order valence-electron chi connectivity index (χ0n) is 8.95. The van der Waals surface area contributed by atoms with Gasteiger partial charge in [-0.15, -0.1) is 0 Å². The SMILES string of the molecule is COc1ccc(Br)cc1Cn1cc(Br)c(I)n1. The molecule has 1 heterocycles. The zero-order valence-corrected chi connectivity index (χ0v) is 14.3. The lowest BCUT2D eigenvalue weighted by atomic mass is 10.2. The number of methoxy groups -OCH3 is 1. The monoisotopic (exact) mass is 470 g/mol. The molecule has 0 atom stereocenters. The van der Waals surface area contributed by atoms with Crippen LogP contribution < -0.4 is 4.74 Å². The van der Waals surface area contributed by atoms with E-state index in [9.17, 15) is 0 Å². The molecule has 0 aliphatic carbocycles. The third-order valence-corrected chi connectivity index (χ3v) is 4.86. The van der Waals surface area contributed by atoms with Crippen LogP contribution in [0.4, 0.5) is 0 Å². The fraction of sp³-hybridized carbons (Fsp3) is 0.182. The van der Waals surface area contributed by atoms with Gasteiger partial charge in [-0.25, -0.2) is 0 Å². The maximum Gasteiger partial charge on any atom is 0.137 e. The first-order valence-corrected chi connectivity index (χ1v) is 7.47. The second kappa shape index (κ2) is 5.71. The number of aromatic nitrogens is 2. The number of rotatable bonds is 3. The molecule has 3 nitrogen and oxygen atoms in total. The molecule has 0 spiro atoms. The van der Waals surface area contributed by atoms with Crippen molar-refractivity contribution in [3.8, 4) is 5.75 Å². The number of hydrogen-bond acceptors (Lipinski definition) is 2. The van der Waals surface area contributed by atoms with Crippen molar-refractivity contribution < 1.29 is 4.74 Å². The summed E-state index contributed by atoms with van der Waals surface area (Å²) in [7, 11) is 1.68. The first kappa shape index (κ1) is 13.4. The van der Waals surface area contributed by atoms with E-state index in [2.05, 4.69) is 59.5 Å². The largest absolute Gasteiger partial charge is 0.496 e. The molecular formula is C11H9Br2IN2O. The van der Waals surface area contributed by atoms with E-state index in [1.165, 1.54) is 0 Å². The maximum atomic E-state index is 5.33. The minimum Gasteiger partial charge on any atom is -0.496 e. The van der Waals surface area contributed by atoms with Gasteiger partial charge >= 0.3 is 0 Å². The molecule has 2 aromatic rings. The summed E-state index contributed by atoms with van der Waals surface area (Å²) in [5.41, 5.74) is 1.09. The van der Waals surface area contributed by atoms with Crippen LogP contribution in [0.25, 0.3) is 0 Å². The Kier molecular flexibility index (Phi) is 4.48. The van der Waals surface area contributed by atoms with Gasteiger partial charge in [0.1, 0.15) is 9.45 Å². The molecule has 2 rings (SSSR count). The Morgan fingerprint density at radius 2 is 2.18 bits per heavy atom. The summed E-state index contributed by atoms with van der Waals surface area (Å²) in [5.74, 6) is 0.870. The van der Waals surface area contributed by atoms with E-state index in [4.69, 9.17) is 4.74 Å². The van der Waals surface area contributed by atoms with Crippen LogP contribution in [-0.4, -0.2) is 16.9 Å². The van der Waals surface area contributed by atoms with Gasteiger partial charge in [0.2, 0.25) is 0 Å². The molecule has 0 saturated carbocycles. The molecule has 0 fully saturated rings. The Morgan fingerprint density at radius 3 is 2.76 bits per heavy atom. The van der Waals surface area contributed by atoms with E-state index in [0.717, 1.165) is 24.0 Å². The standard InChI is InChI=1S/C11H9Br2IN2O/c1-17-10-3-2-8(12)4-7(10)5-16-6-9(13)11(14)15-16/h2-4,6H,5H2,1H3. The van der Waals surface area contributed by atoms with Crippen molar-refractivity contribution in [3.63, 3.8) is 0 Å². The molecule has 0 amide bonds. The Bertz CT molecular complexity index is 523. The summed E-state index contributed by atoms with van der Waals surface area (Å²) in [5, 5.41) is 4.40. The molecule has 6 heteroatoms. The minimum absolute atomic E-state index is 0.685. The predicted molar refractivity (Wildman–Crippen MR) is 82.4 cm³/mol. The van der Waals surface area contributed by atoms with Crippen LogP contribution in [0, 0.1) is 3.70 Å². The quantitative estimate of drug-likeness (QED) is 0.631. The second-order valence-electron chi connectivity index (χ2n) is 3.42. The molecule has 0 unspecified atom stereocenters. The molecule has 0 aliphatic rings. The Labute approximate surface area is 130 Å². The summed E-state index contributed by atoms with van der Waals surface area (Å²) in [6, 6.07) is 5.95. The summed E-state index contributed by atoms with van der Waals surface area (Å²) >= 11 is 9.10. The van der Waals surface area contributed by atoms with Gasteiger partial charge in [-0.3, -0.25) is 4.68 Å². The molecule has 0 bridgehead atoms. The van der Waals surface area contributed by atoms with Gasteiger partial charge in [-0.1, -0.05) is 15.9 Å². The second-order valence-corrected chi connectivity index (χ2v) is 6.21. The highest BCUT2D eigenvalue weighted by atomic mass is 127. The van der Waals surface area contributed by atoms with Crippen LogP contribution in [0.3, 0.4) is 0 Å². The molecule has 0 radical (unpaired) electrons. The van der Waals surface area contributed by atoms with Gasteiger partial charge in [-0.2, -0.15) is 5.10 Å². The van der Waals surface area contributed by atoms with Crippen molar-refractivity contribution in [1.82, 2.24) is 9.78 Å². The van der Waals surface area contributed by atoms with Crippen LogP contribution >= 0.6 is 54.5 Å². The van der Waals surface area contributed by atoms with Crippen molar-refractivity contribution in [2.75, 3.05) is 7.11 Å². The van der Waals surface area contributed by atoms with E-state index in [1.54, 1.807) is 7.11 Å². The number of halogens is 3. The maximum absolute atomic E-state index is 5.33. The molecule has 90 valence electrons. The third-order valence-electron chi connectivity index (χ3n) is 2.25. The molecule has 1 aromatic carbocycles. The number of benzene rings is 1. The smallest absolute Gasteiger partial charge is 0.137 e. The van der Waals surface area contributed by atoms with Crippen molar-refractivity contribution in [1.29, 1.82) is 0 Å². The molecular weight excluding hydrogens is 463 g/mol. The average molecular weight is 472 g/mol. The van der Waals surface area contributed by atoms with Crippen molar-refractivity contribution in [3.05, 3.63) is 42.6 Å². The van der Waals surface area contributed by atoms with Crippen molar-refractivity contribution in [2.45, 2.75) is 6.54 Å².